The van der Waals surface area contributed by atoms with Gasteiger partial charge in [-0.25, -0.2) is 4.39 Å². The summed E-state index contributed by atoms with van der Waals surface area (Å²) in [5, 5.41) is 0. The highest BCUT2D eigenvalue weighted by molar-refractivity contribution is 7.84. The van der Waals surface area contributed by atoms with Gasteiger partial charge in [0.2, 0.25) is 0 Å². The van der Waals surface area contributed by atoms with Gasteiger partial charge in [0.15, 0.2) is 0 Å². The lowest BCUT2D eigenvalue weighted by atomic mass is 10.3. The largest absolute Gasteiger partial charge is 0.491 e. The van der Waals surface area contributed by atoms with Crippen molar-refractivity contribution in [2.45, 2.75) is 11.1 Å². The van der Waals surface area contributed by atoms with E-state index in [4.69, 9.17) is 10.5 Å². The van der Waals surface area contributed by atoms with Crippen molar-refractivity contribution in [3.63, 3.8) is 0 Å². The number of ether oxygens (including phenoxy) is 1. The van der Waals surface area contributed by atoms with Gasteiger partial charge < -0.3 is 10.5 Å². The van der Waals surface area contributed by atoms with Crippen LogP contribution in [-0.2, 0) is 10.8 Å². The van der Waals surface area contributed by atoms with Crippen LogP contribution in [0.3, 0.4) is 0 Å². The van der Waals surface area contributed by atoms with Gasteiger partial charge in [-0.15, -0.1) is 0 Å². The molecule has 0 spiro atoms. The van der Waals surface area contributed by atoms with Gasteiger partial charge in [0.25, 0.3) is 0 Å². The fraction of sp³-hybridized carbons (Fsp3) is 0.400. The van der Waals surface area contributed by atoms with Crippen molar-refractivity contribution in [1.82, 2.24) is 0 Å². The lowest BCUT2D eigenvalue weighted by Gasteiger charge is -2.08. The van der Waals surface area contributed by atoms with E-state index in [-0.39, 0.29) is 13.2 Å². The standard InChI is InChI=1S/C10H14FNO2S/c1-15(13)10-4-2-9(3-5-10)14-7-8(11)6-12/h2-5,8H,6-7,12H2,1H3/t8-,15?/m1/s1. The summed E-state index contributed by atoms with van der Waals surface area (Å²) in [5.74, 6) is 0.556. The summed E-state index contributed by atoms with van der Waals surface area (Å²) in [6, 6.07) is 6.72. The second-order valence-corrected chi connectivity index (χ2v) is 4.45. The van der Waals surface area contributed by atoms with Crippen molar-refractivity contribution in [3.05, 3.63) is 24.3 Å². The number of nitrogens with two attached hydrogens (primary N) is 1. The van der Waals surface area contributed by atoms with Crippen LogP contribution in [0, 0.1) is 0 Å². The molecule has 0 aliphatic carbocycles. The zero-order valence-electron chi connectivity index (χ0n) is 8.48. The van der Waals surface area contributed by atoms with E-state index >= 15 is 0 Å². The summed E-state index contributed by atoms with van der Waals surface area (Å²) in [7, 11) is -1.00. The van der Waals surface area contributed by atoms with E-state index in [1.165, 1.54) is 0 Å². The van der Waals surface area contributed by atoms with E-state index in [0.717, 1.165) is 4.90 Å². The SMILES string of the molecule is CS(=O)c1ccc(OC[C@H](F)CN)cc1. The van der Waals surface area contributed by atoms with E-state index in [2.05, 4.69) is 0 Å². The minimum atomic E-state index is -1.15. The van der Waals surface area contributed by atoms with Crippen molar-refractivity contribution >= 4 is 10.8 Å². The maximum Gasteiger partial charge on any atom is 0.146 e. The Balaban J connectivity index is 2.53. The van der Waals surface area contributed by atoms with E-state index < -0.39 is 17.0 Å². The summed E-state index contributed by atoms with van der Waals surface area (Å²) in [5.41, 5.74) is 5.10. The second-order valence-electron chi connectivity index (χ2n) is 3.07. The summed E-state index contributed by atoms with van der Waals surface area (Å²) < 4.78 is 28.9. The van der Waals surface area contributed by atoms with Crippen LogP contribution in [0.25, 0.3) is 0 Å². The Bertz CT molecular complexity index is 329. The molecule has 0 amide bonds. The number of alkyl halides is 1. The van der Waals surface area contributed by atoms with Crippen LogP contribution < -0.4 is 10.5 Å². The Hall–Kier alpha value is -0.940. The maximum atomic E-state index is 12.7. The maximum absolute atomic E-state index is 12.7. The topological polar surface area (TPSA) is 52.3 Å². The van der Waals surface area contributed by atoms with Crippen molar-refractivity contribution in [2.75, 3.05) is 19.4 Å². The first-order valence-corrected chi connectivity index (χ1v) is 6.09. The molecule has 15 heavy (non-hydrogen) atoms. The van der Waals surface area contributed by atoms with Gasteiger partial charge in [0.1, 0.15) is 18.5 Å². The molecule has 0 saturated heterocycles. The molecule has 0 saturated carbocycles. The van der Waals surface area contributed by atoms with Crippen molar-refractivity contribution in [2.24, 2.45) is 5.73 Å². The monoisotopic (exact) mass is 231 g/mol. The Morgan fingerprint density at radius 1 is 1.47 bits per heavy atom. The van der Waals surface area contributed by atoms with E-state index in [9.17, 15) is 8.60 Å². The van der Waals surface area contributed by atoms with E-state index in [0.29, 0.717) is 5.75 Å². The van der Waals surface area contributed by atoms with Crippen LogP contribution in [0.4, 0.5) is 4.39 Å². The zero-order valence-corrected chi connectivity index (χ0v) is 9.30. The van der Waals surface area contributed by atoms with Crippen LogP contribution in [0.5, 0.6) is 5.75 Å². The molecule has 0 bridgehead atoms. The molecule has 2 N–H and O–H groups in total. The fourth-order valence-electron chi connectivity index (χ4n) is 0.982. The number of hydrogen-bond donors (Lipinski definition) is 1. The Morgan fingerprint density at radius 2 is 2.07 bits per heavy atom. The Kier molecular flexibility index (Phi) is 4.71. The third kappa shape index (κ3) is 3.97. The minimum Gasteiger partial charge on any atom is -0.491 e. The smallest absolute Gasteiger partial charge is 0.146 e. The quantitative estimate of drug-likeness (QED) is 0.825. The van der Waals surface area contributed by atoms with Crippen LogP contribution in [0.15, 0.2) is 29.2 Å². The van der Waals surface area contributed by atoms with Crippen LogP contribution in [0.2, 0.25) is 0 Å². The van der Waals surface area contributed by atoms with Gasteiger partial charge in [-0.05, 0) is 24.3 Å². The first-order valence-electron chi connectivity index (χ1n) is 4.54. The molecule has 3 nitrogen and oxygen atoms in total. The number of halogens is 1. The molecule has 84 valence electrons. The number of benzene rings is 1. The third-order valence-electron chi connectivity index (χ3n) is 1.84. The van der Waals surface area contributed by atoms with E-state index in [1.54, 1.807) is 30.5 Å². The molecule has 0 aliphatic rings. The molecule has 1 unspecified atom stereocenters. The number of rotatable bonds is 5. The predicted octanol–water partition coefficient (Wildman–Crippen LogP) is 1.10. The number of hydrogen-bond acceptors (Lipinski definition) is 3. The van der Waals surface area contributed by atoms with Crippen molar-refractivity contribution in [1.29, 1.82) is 0 Å². The Labute approximate surface area is 90.9 Å². The van der Waals surface area contributed by atoms with Gasteiger partial charge >= 0.3 is 0 Å². The molecule has 0 aliphatic heterocycles. The first-order chi connectivity index (χ1) is 7.13. The molecule has 5 heteroatoms. The molecular weight excluding hydrogens is 217 g/mol. The molecule has 0 aromatic heterocycles. The summed E-state index contributed by atoms with van der Waals surface area (Å²) in [6.07, 6.45) is 0.451. The third-order valence-corrected chi connectivity index (χ3v) is 2.78. The molecule has 1 rings (SSSR count). The first kappa shape index (κ1) is 12.1. The molecule has 0 heterocycles. The van der Waals surface area contributed by atoms with Crippen LogP contribution in [-0.4, -0.2) is 29.8 Å². The summed E-state index contributed by atoms with van der Waals surface area (Å²) >= 11 is 0. The second kappa shape index (κ2) is 5.82. The van der Waals surface area contributed by atoms with Gasteiger partial charge in [-0.1, -0.05) is 0 Å². The lowest BCUT2D eigenvalue weighted by molar-refractivity contribution is 0.201. The fourth-order valence-corrected chi connectivity index (χ4v) is 1.50. The summed E-state index contributed by atoms with van der Waals surface area (Å²) in [4.78, 5) is 0.720. The minimum absolute atomic E-state index is 0.0446. The highest BCUT2D eigenvalue weighted by Crippen LogP contribution is 2.14. The van der Waals surface area contributed by atoms with Gasteiger partial charge in [0.05, 0.1) is 0 Å². The van der Waals surface area contributed by atoms with Gasteiger partial charge in [-0.3, -0.25) is 4.21 Å². The average molecular weight is 231 g/mol. The average Bonchev–Trinajstić information content (AvgIpc) is 2.26. The highest BCUT2D eigenvalue weighted by atomic mass is 32.2. The molecular formula is C10H14FNO2S. The van der Waals surface area contributed by atoms with Crippen molar-refractivity contribution < 1.29 is 13.3 Å². The molecule has 1 aromatic rings. The molecule has 1 aromatic carbocycles. The van der Waals surface area contributed by atoms with Crippen LogP contribution >= 0.6 is 0 Å². The van der Waals surface area contributed by atoms with Gasteiger partial charge in [0, 0.05) is 28.5 Å². The lowest BCUT2D eigenvalue weighted by Crippen LogP contribution is -2.22. The van der Waals surface area contributed by atoms with Gasteiger partial charge in [-0.2, -0.15) is 0 Å². The highest BCUT2D eigenvalue weighted by Gasteiger charge is 2.04. The molecule has 0 fully saturated rings. The zero-order chi connectivity index (χ0) is 11.3. The van der Waals surface area contributed by atoms with Crippen LogP contribution in [0.1, 0.15) is 0 Å². The predicted molar refractivity (Wildman–Crippen MR) is 58.2 cm³/mol. The van der Waals surface area contributed by atoms with Crippen molar-refractivity contribution in [3.8, 4) is 5.75 Å². The van der Waals surface area contributed by atoms with E-state index in [1.807, 2.05) is 0 Å². The molecule has 0 radical (unpaired) electrons. The Morgan fingerprint density at radius 3 is 2.53 bits per heavy atom. The molecule has 2 atom stereocenters. The summed E-state index contributed by atoms with van der Waals surface area (Å²) in [6.45, 7) is -0.0951. The normalized spacial score (nSPS) is 14.6.